The third kappa shape index (κ3) is 4.78. The molecule has 0 spiro atoms. The first kappa shape index (κ1) is 19.2. The molecule has 0 bridgehead atoms. The molecule has 0 radical (unpaired) electrons. The summed E-state index contributed by atoms with van der Waals surface area (Å²) < 4.78 is 10.8. The molecule has 0 saturated carbocycles. The molecule has 0 unspecified atom stereocenters. The number of halogens is 2. The molecule has 3 rings (SSSR count). The monoisotopic (exact) mass is 405 g/mol. The topological polar surface area (TPSA) is 77.2 Å². The van der Waals surface area contributed by atoms with Crippen molar-refractivity contribution in [2.75, 3.05) is 0 Å². The highest BCUT2D eigenvalue weighted by Gasteiger charge is 2.19. The number of carbonyl (C=O) groups is 1. The zero-order valence-corrected chi connectivity index (χ0v) is 16.2. The summed E-state index contributed by atoms with van der Waals surface area (Å²) in [5.74, 6) is 0.716. The highest BCUT2D eigenvalue weighted by Crippen LogP contribution is 2.26. The second-order valence-corrected chi connectivity index (χ2v) is 6.77. The van der Waals surface area contributed by atoms with Gasteiger partial charge >= 0.3 is 0 Å². The van der Waals surface area contributed by atoms with Gasteiger partial charge in [0.15, 0.2) is 6.10 Å². The second kappa shape index (κ2) is 8.41. The Morgan fingerprint density at radius 1 is 1.15 bits per heavy atom. The molecule has 1 aromatic heterocycles. The van der Waals surface area contributed by atoms with Crippen molar-refractivity contribution in [1.29, 1.82) is 0 Å². The maximum atomic E-state index is 12.4. The Kier molecular flexibility index (Phi) is 5.98. The minimum Gasteiger partial charge on any atom is -0.481 e. The van der Waals surface area contributed by atoms with Gasteiger partial charge < -0.3 is 14.5 Å². The van der Waals surface area contributed by atoms with Gasteiger partial charge in [-0.2, -0.15) is 0 Å². The number of rotatable bonds is 6. The lowest BCUT2D eigenvalue weighted by Crippen LogP contribution is -2.37. The minimum atomic E-state index is -0.687. The van der Waals surface area contributed by atoms with Gasteiger partial charge in [-0.3, -0.25) is 4.79 Å². The maximum absolute atomic E-state index is 12.4. The maximum Gasteiger partial charge on any atom is 0.261 e. The zero-order chi connectivity index (χ0) is 19.4. The van der Waals surface area contributed by atoms with Crippen LogP contribution < -0.4 is 10.1 Å². The van der Waals surface area contributed by atoms with E-state index in [9.17, 15) is 4.79 Å². The Hall–Kier alpha value is -2.57. The fourth-order valence-electron chi connectivity index (χ4n) is 2.49. The van der Waals surface area contributed by atoms with Gasteiger partial charge in [0.2, 0.25) is 12.3 Å². The summed E-state index contributed by atoms with van der Waals surface area (Å²) >= 11 is 12.1. The van der Waals surface area contributed by atoms with Crippen molar-refractivity contribution < 1.29 is 13.9 Å². The van der Waals surface area contributed by atoms with Crippen molar-refractivity contribution >= 4 is 29.1 Å². The fraction of sp³-hybridized carbons (Fsp3) is 0.211. The molecule has 3 aromatic rings. The molecule has 1 heterocycles. The van der Waals surface area contributed by atoms with E-state index >= 15 is 0 Å². The number of hydrogen-bond donors (Lipinski definition) is 1. The average Bonchev–Trinajstić information content (AvgIpc) is 3.16. The van der Waals surface area contributed by atoms with Crippen LogP contribution >= 0.6 is 23.2 Å². The summed E-state index contributed by atoms with van der Waals surface area (Å²) in [5, 5.41) is 11.4. The predicted octanol–water partition coefficient (Wildman–Crippen LogP) is 4.69. The Labute approximate surface area is 166 Å². The minimum absolute atomic E-state index is 0.255. The standard InChI is InChI=1S/C19H17Cl2N3O3/c1-11(16-8-5-14(20)9-17(16)21)23-18(25)12(2)27-15-6-3-13(4-7-15)19-24-22-10-26-19/h3-12H,1-2H3,(H,23,25)/t11-,12-/m0/s1. The molecule has 6 nitrogen and oxygen atoms in total. The predicted molar refractivity (Wildman–Crippen MR) is 103 cm³/mol. The normalized spacial score (nSPS) is 13.0. The van der Waals surface area contributed by atoms with Crippen LogP contribution in [0.4, 0.5) is 0 Å². The molecular weight excluding hydrogens is 389 g/mol. The van der Waals surface area contributed by atoms with Crippen molar-refractivity contribution in [3.63, 3.8) is 0 Å². The smallest absolute Gasteiger partial charge is 0.261 e. The van der Waals surface area contributed by atoms with Gasteiger partial charge in [0.05, 0.1) is 6.04 Å². The van der Waals surface area contributed by atoms with Crippen molar-refractivity contribution in [3.05, 3.63) is 64.5 Å². The van der Waals surface area contributed by atoms with Gasteiger partial charge in [-0.15, -0.1) is 10.2 Å². The van der Waals surface area contributed by atoms with Crippen molar-refractivity contribution in [3.8, 4) is 17.2 Å². The summed E-state index contributed by atoms with van der Waals surface area (Å²) in [4.78, 5) is 12.4. The van der Waals surface area contributed by atoms with Crippen LogP contribution in [0.5, 0.6) is 5.75 Å². The van der Waals surface area contributed by atoms with Crippen LogP contribution in [0.1, 0.15) is 25.5 Å². The lowest BCUT2D eigenvalue weighted by Gasteiger charge is -2.20. The molecule has 2 atom stereocenters. The molecule has 140 valence electrons. The Morgan fingerprint density at radius 3 is 2.52 bits per heavy atom. The number of amides is 1. The average molecular weight is 406 g/mol. The molecule has 1 amide bonds. The Morgan fingerprint density at radius 2 is 1.89 bits per heavy atom. The largest absolute Gasteiger partial charge is 0.481 e. The third-order valence-electron chi connectivity index (χ3n) is 3.93. The van der Waals surface area contributed by atoms with Gasteiger partial charge in [0.25, 0.3) is 5.91 Å². The quantitative estimate of drug-likeness (QED) is 0.643. The summed E-state index contributed by atoms with van der Waals surface area (Å²) in [7, 11) is 0. The molecule has 2 aromatic carbocycles. The number of benzene rings is 2. The second-order valence-electron chi connectivity index (χ2n) is 5.92. The van der Waals surface area contributed by atoms with E-state index < -0.39 is 6.10 Å². The molecule has 0 saturated heterocycles. The summed E-state index contributed by atoms with van der Waals surface area (Å²) in [6.07, 6.45) is 0.577. The molecule has 8 heteroatoms. The van der Waals surface area contributed by atoms with Crippen LogP contribution in [0.2, 0.25) is 10.0 Å². The molecule has 0 aliphatic carbocycles. The first-order valence-electron chi connectivity index (χ1n) is 8.22. The number of ether oxygens (including phenoxy) is 1. The van der Waals surface area contributed by atoms with Crippen molar-refractivity contribution in [2.45, 2.75) is 26.0 Å². The summed E-state index contributed by atoms with van der Waals surface area (Å²) in [5.41, 5.74) is 1.55. The lowest BCUT2D eigenvalue weighted by molar-refractivity contribution is -0.127. The van der Waals surface area contributed by atoms with Crippen molar-refractivity contribution in [2.24, 2.45) is 0 Å². The Bertz CT molecular complexity index is 914. The van der Waals surface area contributed by atoms with Crippen LogP contribution in [-0.4, -0.2) is 22.2 Å². The number of hydrogen-bond acceptors (Lipinski definition) is 5. The van der Waals surface area contributed by atoms with Crippen LogP contribution in [-0.2, 0) is 4.79 Å². The number of carbonyl (C=O) groups excluding carboxylic acids is 1. The third-order valence-corrected chi connectivity index (χ3v) is 4.49. The summed E-state index contributed by atoms with van der Waals surface area (Å²) in [6, 6.07) is 11.9. The van der Waals surface area contributed by atoms with Gasteiger partial charge in [0.1, 0.15) is 5.75 Å². The highest BCUT2D eigenvalue weighted by molar-refractivity contribution is 6.35. The van der Waals surface area contributed by atoms with Crippen molar-refractivity contribution in [1.82, 2.24) is 15.5 Å². The molecular formula is C19H17Cl2N3O3. The van der Waals surface area contributed by atoms with E-state index in [1.807, 2.05) is 6.92 Å². The van der Waals surface area contributed by atoms with Gasteiger partial charge in [-0.05, 0) is 55.8 Å². The summed E-state index contributed by atoms with van der Waals surface area (Å²) in [6.45, 7) is 3.52. The zero-order valence-electron chi connectivity index (χ0n) is 14.6. The van der Waals surface area contributed by atoms with Crippen LogP contribution in [0.15, 0.2) is 53.3 Å². The van der Waals surface area contributed by atoms with E-state index in [4.69, 9.17) is 32.4 Å². The Balaban J connectivity index is 1.60. The molecule has 0 aliphatic rings. The van der Waals surface area contributed by atoms with Gasteiger partial charge in [-0.25, -0.2) is 0 Å². The first-order chi connectivity index (χ1) is 12.9. The van der Waals surface area contributed by atoms with E-state index in [2.05, 4.69) is 15.5 Å². The fourth-order valence-corrected chi connectivity index (χ4v) is 3.07. The van der Waals surface area contributed by atoms with Gasteiger partial charge in [-0.1, -0.05) is 29.3 Å². The molecule has 0 fully saturated rings. The molecule has 0 aliphatic heterocycles. The number of nitrogens with zero attached hydrogens (tertiary/aromatic N) is 2. The van der Waals surface area contributed by atoms with E-state index in [-0.39, 0.29) is 11.9 Å². The van der Waals surface area contributed by atoms with Crippen LogP contribution in [0.3, 0.4) is 0 Å². The van der Waals surface area contributed by atoms with Crippen LogP contribution in [0, 0.1) is 0 Å². The van der Waals surface area contributed by atoms with E-state index in [0.717, 1.165) is 11.1 Å². The first-order valence-corrected chi connectivity index (χ1v) is 8.98. The number of aromatic nitrogens is 2. The van der Waals surface area contributed by atoms with E-state index in [1.165, 1.54) is 6.39 Å². The molecule has 27 heavy (non-hydrogen) atoms. The number of nitrogens with one attached hydrogen (secondary N) is 1. The highest BCUT2D eigenvalue weighted by atomic mass is 35.5. The van der Waals surface area contributed by atoms with E-state index in [0.29, 0.717) is 21.7 Å². The SMILES string of the molecule is C[C@H](Oc1ccc(-c2nnco2)cc1)C(=O)N[C@@H](C)c1ccc(Cl)cc1Cl. The lowest BCUT2D eigenvalue weighted by atomic mass is 10.1. The van der Waals surface area contributed by atoms with E-state index in [1.54, 1.807) is 49.4 Å². The van der Waals surface area contributed by atoms with Crippen LogP contribution in [0.25, 0.3) is 11.5 Å². The molecule has 1 N–H and O–H groups in total. The van der Waals surface area contributed by atoms with Gasteiger partial charge in [0, 0.05) is 15.6 Å².